The molecule has 100 valence electrons. The Kier molecular flexibility index (Phi) is 3.79. The van der Waals surface area contributed by atoms with E-state index in [0.717, 1.165) is 16.7 Å². The number of H-pyrrole nitrogens is 1. The number of likely N-dealkylation sites (N-methyl/N-ethyl adjacent to an activating group) is 1. The van der Waals surface area contributed by atoms with Crippen molar-refractivity contribution in [1.82, 2.24) is 19.7 Å². The molecule has 6 heteroatoms. The van der Waals surface area contributed by atoms with Gasteiger partial charge < -0.3 is 4.90 Å². The van der Waals surface area contributed by atoms with Crippen LogP contribution in [0.3, 0.4) is 0 Å². The van der Waals surface area contributed by atoms with Crippen molar-refractivity contribution < 1.29 is 4.79 Å². The second kappa shape index (κ2) is 5.51. The summed E-state index contributed by atoms with van der Waals surface area (Å²) in [5.74, 6) is -0.211. The summed E-state index contributed by atoms with van der Waals surface area (Å²) in [5, 5.41) is 3.84. The highest BCUT2D eigenvalue weighted by molar-refractivity contribution is 5.90. The van der Waals surface area contributed by atoms with Gasteiger partial charge in [-0.2, -0.15) is 0 Å². The summed E-state index contributed by atoms with van der Waals surface area (Å²) >= 11 is 0. The van der Waals surface area contributed by atoms with Crippen LogP contribution in [0.4, 0.5) is 0 Å². The number of rotatable bonds is 4. The van der Waals surface area contributed by atoms with E-state index in [4.69, 9.17) is 0 Å². The van der Waals surface area contributed by atoms with Gasteiger partial charge in [-0.25, -0.2) is 9.48 Å². The number of aryl methyl sites for hydroxylation is 1. The first-order chi connectivity index (χ1) is 9.08. The molecule has 0 saturated carbocycles. The van der Waals surface area contributed by atoms with E-state index in [0.29, 0.717) is 6.54 Å². The molecule has 1 N–H and O–H groups in total. The molecule has 0 fully saturated rings. The van der Waals surface area contributed by atoms with E-state index in [1.165, 1.54) is 7.05 Å². The zero-order valence-corrected chi connectivity index (χ0v) is 11.0. The number of aromatic nitrogens is 3. The highest BCUT2D eigenvalue weighted by Crippen LogP contribution is 2.02. The predicted octanol–water partition coefficient (Wildman–Crippen LogP) is 0.423. The number of benzene rings is 1. The largest absolute Gasteiger partial charge is 0.343 e. The second-order valence-electron chi connectivity index (χ2n) is 4.36. The maximum absolute atomic E-state index is 12.0. The fourth-order valence-corrected chi connectivity index (χ4v) is 1.72. The molecule has 0 radical (unpaired) electrons. The fourth-order valence-electron chi connectivity index (χ4n) is 1.72. The molecule has 2 aromatic rings. The molecule has 0 aliphatic rings. The molecule has 0 aliphatic heterocycles. The van der Waals surface area contributed by atoms with Crippen LogP contribution in [-0.4, -0.2) is 39.2 Å². The first kappa shape index (κ1) is 13.1. The lowest BCUT2D eigenvalue weighted by Gasteiger charge is -2.15. The number of nitrogens with zero attached hydrogens (tertiary/aromatic N) is 3. The van der Waals surface area contributed by atoms with Crippen LogP contribution in [0.5, 0.6) is 0 Å². The minimum atomic E-state index is -0.389. The number of hydrogen-bond acceptors (Lipinski definition) is 3. The highest BCUT2D eigenvalue weighted by Gasteiger charge is 2.16. The van der Waals surface area contributed by atoms with Gasteiger partial charge in [0.15, 0.2) is 0 Å². The van der Waals surface area contributed by atoms with Crippen molar-refractivity contribution in [3.8, 4) is 0 Å². The van der Waals surface area contributed by atoms with Gasteiger partial charge in [0, 0.05) is 20.6 Å². The molecule has 6 nitrogen and oxygen atoms in total. The van der Waals surface area contributed by atoms with E-state index in [1.54, 1.807) is 11.9 Å². The Morgan fingerprint density at radius 1 is 1.37 bits per heavy atom. The Morgan fingerprint density at radius 3 is 2.63 bits per heavy atom. The Hall–Kier alpha value is -2.37. The lowest BCUT2D eigenvalue weighted by atomic mass is 10.1. The topological polar surface area (TPSA) is 71.0 Å². The number of nitrogens with one attached hydrogen (secondary N) is 1. The molecule has 1 heterocycles. The van der Waals surface area contributed by atoms with Gasteiger partial charge in [-0.05, 0) is 12.0 Å². The molecule has 1 aromatic carbocycles. The van der Waals surface area contributed by atoms with Crippen LogP contribution in [-0.2, 0) is 13.5 Å². The Balaban J connectivity index is 1.98. The van der Waals surface area contributed by atoms with Crippen molar-refractivity contribution in [3.05, 3.63) is 52.2 Å². The van der Waals surface area contributed by atoms with Gasteiger partial charge in [0.2, 0.25) is 5.82 Å². The average Bonchev–Trinajstić information content (AvgIpc) is 2.76. The second-order valence-corrected chi connectivity index (χ2v) is 4.36. The molecule has 0 bridgehead atoms. The third-order valence-corrected chi connectivity index (χ3v) is 2.90. The standard InChI is InChI=1S/C13H16N4O2/c1-16(9-8-10-6-4-3-5-7-10)12(18)11-14-13(19)17(2)15-11/h3-7H,8-9H2,1-2H3,(H,14,15,19). The summed E-state index contributed by atoms with van der Waals surface area (Å²) < 4.78 is 1.11. The van der Waals surface area contributed by atoms with E-state index >= 15 is 0 Å². The van der Waals surface area contributed by atoms with Crippen molar-refractivity contribution in [2.75, 3.05) is 13.6 Å². The van der Waals surface area contributed by atoms with Gasteiger partial charge in [0.1, 0.15) is 0 Å². The molecular weight excluding hydrogens is 244 g/mol. The van der Waals surface area contributed by atoms with Gasteiger partial charge in [-0.3, -0.25) is 9.78 Å². The van der Waals surface area contributed by atoms with Crippen molar-refractivity contribution in [2.24, 2.45) is 7.05 Å². The first-order valence-corrected chi connectivity index (χ1v) is 6.00. The highest BCUT2D eigenvalue weighted by atomic mass is 16.2. The molecule has 1 amide bonds. The van der Waals surface area contributed by atoms with Gasteiger partial charge in [-0.1, -0.05) is 30.3 Å². The normalized spacial score (nSPS) is 10.4. The van der Waals surface area contributed by atoms with Crippen molar-refractivity contribution >= 4 is 5.91 Å². The summed E-state index contributed by atoms with van der Waals surface area (Å²) in [7, 11) is 3.19. The van der Waals surface area contributed by atoms with E-state index in [2.05, 4.69) is 10.1 Å². The van der Waals surface area contributed by atoms with E-state index < -0.39 is 0 Å². The maximum atomic E-state index is 12.0. The fraction of sp³-hybridized carbons (Fsp3) is 0.308. The molecule has 0 spiro atoms. The smallest absolute Gasteiger partial charge is 0.339 e. The molecule has 0 atom stereocenters. The summed E-state index contributed by atoms with van der Waals surface area (Å²) in [4.78, 5) is 27.2. The van der Waals surface area contributed by atoms with Crippen molar-refractivity contribution in [1.29, 1.82) is 0 Å². The van der Waals surface area contributed by atoms with Crippen LogP contribution in [0.1, 0.15) is 16.2 Å². The molecule has 2 rings (SSSR count). The minimum absolute atomic E-state index is 0.0723. The van der Waals surface area contributed by atoms with E-state index in [-0.39, 0.29) is 17.4 Å². The van der Waals surface area contributed by atoms with Gasteiger partial charge >= 0.3 is 5.69 Å². The van der Waals surface area contributed by atoms with Crippen LogP contribution in [0, 0.1) is 0 Å². The number of amides is 1. The lowest BCUT2D eigenvalue weighted by molar-refractivity contribution is 0.0784. The SMILES string of the molecule is CN(CCc1ccccc1)C(=O)c1nn(C)c(=O)[nH]1. The third kappa shape index (κ3) is 3.09. The first-order valence-electron chi connectivity index (χ1n) is 6.00. The van der Waals surface area contributed by atoms with Crippen molar-refractivity contribution in [2.45, 2.75) is 6.42 Å². The molecule has 0 saturated heterocycles. The maximum Gasteiger partial charge on any atom is 0.343 e. The summed E-state index contributed by atoms with van der Waals surface area (Å²) in [6.07, 6.45) is 0.764. The van der Waals surface area contributed by atoms with Crippen LogP contribution >= 0.6 is 0 Å². The summed E-state index contributed by atoms with van der Waals surface area (Å²) in [6, 6.07) is 9.92. The predicted molar refractivity (Wildman–Crippen MR) is 70.9 cm³/mol. The van der Waals surface area contributed by atoms with Gasteiger partial charge in [0.05, 0.1) is 0 Å². The minimum Gasteiger partial charge on any atom is -0.339 e. The Labute approximate surface area is 110 Å². The van der Waals surface area contributed by atoms with E-state index in [1.807, 2.05) is 30.3 Å². The Morgan fingerprint density at radius 2 is 2.05 bits per heavy atom. The van der Waals surface area contributed by atoms with E-state index in [9.17, 15) is 9.59 Å². The molecule has 0 aliphatic carbocycles. The zero-order chi connectivity index (χ0) is 13.8. The van der Waals surface area contributed by atoms with Crippen LogP contribution in [0.2, 0.25) is 0 Å². The average molecular weight is 260 g/mol. The lowest BCUT2D eigenvalue weighted by Crippen LogP contribution is -2.30. The van der Waals surface area contributed by atoms with Crippen LogP contribution < -0.4 is 5.69 Å². The van der Waals surface area contributed by atoms with Gasteiger partial charge in [0.25, 0.3) is 5.91 Å². The number of aromatic amines is 1. The number of carbonyl (C=O) groups is 1. The zero-order valence-electron chi connectivity index (χ0n) is 11.0. The number of carbonyl (C=O) groups excluding carboxylic acids is 1. The number of hydrogen-bond donors (Lipinski definition) is 1. The quantitative estimate of drug-likeness (QED) is 0.866. The van der Waals surface area contributed by atoms with Crippen LogP contribution in [0.25, 0.3) is 0 Å². The van der Waals surface area contributed by atoms with Crippen molar-refractivity contribution in [3.63, 3.8) is 0 Å². The summed E-state index contributed by atoms with van der Waals surface area (Å²) in [6.45, 7) is 0.571. The van der Waals surface area contributed by atoms with Crippen LogP contribution in [0.15, 0.2) is 35.1 Å². The molecule has 1 aromatic heterocycles. The molecular formula is C13H16N4O2. The molecule has 0 unspecified atom stereocenters. The molecule has 19 heavy (non-hydrogen) atoms. The third-order valence-electron chi connectivity index (χ3n) is 2.90. The van der Waals surface area contributed by atoms with Gasteiger partial charge in [-0.15, -0.1) is 5.10 Å². The summed E-state index contributed by atoms with van der Waals surface area (Å²) in [5.41, 5.74) is 0.775. The monoisotopic (exact) mass is 260 g/mol. The Bertz CT molecular complexity index is 615.